The summed E-state index contributed by atoms with van der Waals surface area (Å²) in [7, 11) is 0. The van der Waals surface area contributed by atoms with Crippen molar-refractivity contribution in [3.63, 3.8) is 0 Å². The zero-order valence-corrected chi connectivity index (χ0v) is 12.6. The molecular formula is C16H25NOS. The van der Waals surface area contributed by atoms with Crippen LogP contribution < -0.4 is 5.32 Å². The van der Waals surface area contributed by atoms with Crippen LogP contribution in [0.4, 0.5) is 0 Å². The van der Waals surface area contributed by atoms with E-state index < -0.39 is 0 Å². The molecule has 2 rings (SSSR count). The minimum absolute atomic E-state index is 0.321. The van der Waals surface area contributed by atoms with Crippen molar-refractivity contribution in [3.05, 3.63) is 35.4 Å². The first kappa shape index (κ1) is 14.9. The lowest BCUT2D eigenvalue weighted by molar-refractivity contribution is 0.295. The number of hydrogen-bond acceptors (Lipinski definition) is 3. The highest BCUT2D eigenvalue weighted by molar-refractivity contribution is 7.99. The molecule has 106 valence electrons. The zero-order valence-electron chi connectivity index (χ0n) is 11.8. The minimum Gasteiger partial charge on any atom is -0.396 e. The van der Waals surface area contributed by atoms with Crippen LogP contribution in [-0.2, 0) is 0 Å². The number of nitrogens with one attached hydrogen (secondary N) is 1. The highest BCUT2D eigenvalue weighted by Crippen LogP contribution is 2.38. The second-order valence-electron chi connectivity index (χ2n) is 5.37. The summed E-state index contributed by atoms with van der Waals surface area (Å²) in [6.45, 7) is 3.64. The number of aliphatic hydroxyl groups excluding tert-OH is 1. The van der Waals surface area contributed by atoms with Crippen LogP contribution in [0.2, 0.25) is 0 Å². The van der Waals surface area contributed by atoms with E-state index in [1.807, 2.05) is 11.8 Å². The topological polar surface area (TPSA) is 32.3 Å². The third-order valence-corrected chi connectivity index (χ3v) is 4.96. The van der Waals surface area contributed by atoms with Crippen molar-refractivity contribution in [1.29, 1.82) is 0 Å². The summed E-state index contributed by atoms with van der Waals surface area (Å²) in [6, 6.07) is 9.48. The van der Waals surface area contributed by atoms with E-state index in [0.717, 1.165) is 30.4 Å². The summed E-state index contributed by atoms with van der Waals surface area (Å²) in [4.78, 5) is 0. The van der Waals surface area contributed by atoms with E-state index in [4.69, 9.17) is 5.11 Å². The fourth-order valence-electron chi connectivity index (χ4n) is 2.69. The van der Waals surface area contributed by atoms with Gasteiger partial charge in [0.1, 0.15) is 0 Å². The number of aliphatic hydroxyl groups is 1. The molecule has 0 amide bonds. The van der Waals surface area contributed by atoms with Gasteiger partial charge in [-0.1, -0.05) is 24.3 Å². The molecule has 1 aliphatic rings. The smallest absolute Gasteiger partial charge is 0.0438 e. The molecule has 1 aromatic rings. The third kappa shape index (κ3) is 4.51. The zero-order chi connectivity index (χ0) is 13.5. The van der Waals surface area contributed by atoms with Gasteiger partial charge in [-0.3, -0.25) is 0 Å². The summed E-state index contributed by atoms with van der Waals surface area (Å²) in [5.74, 6) is 3.00. The van der Waals surface area contributed by atoms with Crippen molar-refractivity contribution in [2.75, 3.05) is 24.7 Å². The van der Waals surface area contributed by atoms with Crippen LogP contribution >= 0.6 is 11.8 Å². The van der Waals surface area contributed by atoms with E-state index >= 15 is 0 Å². The first-order valence-electron chi connectivity index (χ1n) is 7.28. The quantitative estimate of drug-likeness (QED) is 0.718. The molecule has 0 aliphatic heterocycles. The number of thioether (sulfide) groups is 1. The van der Waals surface area contributed by atoms with Gasteiger partial charge in [0, 0.05) is 24.9 Å². The first-order valence-corrected chi connectivity index (χ1v) is 8.44. The largest absolute Gasteiger partial charge is 0.396 e. The van der Waals surface area contributed by atoms with Crippen molar-refractivity contribution in [2.45, 2.75) is 38.1 Å². The Kier molecular flexibility index (Phi) is 6.21. The van der Waals surface area contributed by atoms with Gasteiger partial charge in [0.2, 0.25) is 0 Å². The van der Waals surface area contributed by atoms with Crippen molar-refractivity contribution >= 4 is 11.8 Å². The molecule has 0 atom stereocenters. The van der Waals surface area contributed by atoms with Gasteiger partial charge < -0.3 is 10.4 Å². The Balaban J connectivity index is 1.58. The highest BCUT2D eigenvalue weighted by Gasteiger charge is 2.30. The molecule has 0 heterocycles. The number of hydrogen-bond donors (Lipinski definition) is 2. The van der Waals surface area contributed by atoms with Crippen LogP contribution in [-0.4, -0.2) is 35.8 Å². The normalized spacial score (nSPS) is 22.2. The summed E-state index contributed by atoms with van der Waals surface area (Å²) >= 11 is 1.93. The molecule has 1 aromatic carbocycles. The predicted octanol–water partition coefficient (Wildman–Crippen LogP) is 2.95. The Labute approximate surface area is 121 Å². The molecule has 1 saturated carbocycles. The molecule has 1 fully saturated rings. The average molecular weight is 279 g/mol. The maximum Gasteiger partial charge on any atom is 0.0438 e. The van der Waals surface area contributed by atoms with Crippen LogP contribution in [0.15, 0.2) is 24.3 Å². The summed E-state index contributed by atoms with van der Waals surface area (Å²) in [5.41, 5.74) is 2.98. The fraction of sp³-hybridized carbons (Fsp3) is 0.625. The third-order valence-electron chi connectivity index (χ3n) is 3.89. The highest BCUT2D eigenvalue weighted by atomic mass is 32.2. The average Bonchev–Trinajstić information content (AvgIpc) is 2.37. The van der Waals surface area contributed by atoms with Crippen molar-refractivity contribution < 1.29 is 5.11 Å². The fourth-order valence-corrected chi connectivity index (χ4v) is 3.49. The lowest BCUT2D eigenvalue weighted by Crippen LogP contribution is -2.41. The molecule has 1 aliphatic carbocycles. The SMILES string of the molecule is Cc1ccccc1C1CC(NCCSCCCO)C1. The molecule has 0 saturated heterocycles. The number of benzene rings is 1. The van der Waals surface area contributed by atoms with Crippen LogP contribution in [0.1, 0.15) is 36.3 Å². The van der Waals surface area contributed by atoms with Crippen LogP contribution in [0.5, 0.6) is 0 Å². The summed E-state index contributed by atoms with van der Waals surface area (Å²) < 4.78 is 0. The van der Waals surface area contributed by atoms with E-state index in [-0.39, 0.29) is 0 Å². The Morgan fingerprint density at radius 1 is 1.26 bits per heavy atom. The lowest BCUT2D eigenvalue weighted by atomic mass is 9.74. The van der Waals surface area contributed by atoms with Gasteiger partial charge in [-0.15, -0.1) is 0 Å². The Bertz CT molecular complexity index is 377. The molecule has 0 bridgehead atoms. The van der Waals surface area contributed by atoms with Gasteiger partial charge in [0.15, 0.2) is 0 Å². The molecule has 19 heavy (non-hydrogen) atoms. The van der Waals surface area contributed by atoms with E-state index in [2.05, 4.69) is 36.5 Å². The lowest BCUT2D eigenvalue weighted by Gasteiger charge is -2.37. The minimum atomic E-state index is 0.321. The van der Waals surface area contributed by atoms with Gasteiger partial charge in [-0.2, -0.15) is 11.8 Å². The maximum atomic E-state index is 8.69. The first-order chi connectivity index (χ1) is 9.31. The molecule has 2 N–H and O–H groups in total. The van der Waals surface area contributed by atoms with Crippen molar-refractivity contribution in [1.82, 2.24) is 5.32 Å². The van der Waals surface area contributed by atoms with Crippen molar-refractivity contribution in [2.24, 2.45) is 0 Å². The van der Waals surface area contributed by atoms with E-state index in [1.165, 1.54) is 24.0 Å². The van der Waals surface area contributed by atoms with Gasteiger partial charge in [0.25, 0.3) is 0 Å². The summed E-state index contributed by atoms with van der Waals surface area (Å²) in [6.07, 6.45) is 3.49. The molecule has 0 unspecified atom stereocenters. The Hall–Kier alpha value is -0.510. The molecule has 0 spiro atoms. The van der Waals surface area contributed by atoms with Gasteiger partial charge in [0.05, 0.1) is 0 Å². The van der Waals surface area contributed by atoms with E-state index in [9.17, 15) is 0 Å². The standard InChI is InChI=1S/C16H25NOS/c1-13-5-2-3-6-16(13)14-11-15(12-14)17-7-10-19-9-4-8-18/h2-3,5-6,14-15,17-18H,4,7-12H2,1H3. The van der Waals surface area contributed by atoms with Gasteiger partial charge in [-0.25, -0.2) is 0 Å². The van der Waals surface area contributed by atoms with Crippen LogP contribution in [0.25, 0.3) is 0 Å². The monoisotopic (exact) mass is 279 g/mol. The number of aryl methyl sites for hydroxylation is 1. The maximum absolute atomic E-state index is 8.69. The molecule has 0 aromatic heterocycles. The Morgan fingerprint density at radius 2 is 2.05 bits per heavy atom. The molecule has 3 heteroatoms. The van der Waals surface area contributed by atoms with E-state index in [0.29, 0.717) is 12.6 Å². The summed E-state index contributed by atoms with van der Waals surface area (Å²) in [5, 5.41) is 12.3. The van der Waals surface area contributed by atoms with E-state index in [1.54, 1.807) is 0 Å². The van der Waals surface area contributed by atoms with Gasteiger partial charge >= 0.3 is 0 Å². The van der Waals surface area contributed by atoms with Gasteiger partial charge in [-0.05, 0) is 49.0 Å². The second kappa shape index (κ2) is 7.93. The molecule has 0 radical (unpaired) electrons. The second-order valence-corrected chi connectivity index (χ2v) is 6.59. The predicted molar refractivity (Wildman–Crippen MR) is 84.0 cm³/mol. The Morgan fingerprint density at radius 3 is 2.79 bits per heavy atom. The molecular weight excluding hydrogens is 254 g/mol. The molecule has 2 nitrogen and oxygen atoms in total. The van der Waals surface area contributed by atoms with Crippen LogP contribution in [0, 0.1) is 6.92 Å². The van der Waals surface area contributed by atoms with Crippen molar-refractivity contribution in [3.8, 4) is 0 Å². The number of rotatable bonds is 8. The van der Waals surface area contributed by atoms with Crippen LogP contribution in [0.3, 0.4) is 0 Å².